The lowest BCUT2D eigenvalue weighted by Crippen LogP contribution is -2.26. The number of rotatable bonds is 4. The third-order valence-corrected chi connectivity index (χ3v) is 3.41. The largest absolute Gasteiger partial charge is 0.353 e. The molecule has 0 radical (unpaired) electrons. The molecule has 0 heterocycles. The summed E-state index contributed by atoms with van der Waals surface area (Å²) in [6.07, 6.45) is 6.29. The molecule has 0 unspecified atom stereocenters. The number of hydrogen-bond acceptors (Lipinski definition) is 4. The van der Waals surface area contributed by atoms with Crippen molar-refractivity contribution in [2.24, 2.45) is 4.99 Å². The highest BCUT2D eigenvalue weighted by Crippen LogP contribution is 2.19. The van der Waals surface area contributed by atoms with Crippen LogP contribution in [0.15, 0.2) is 29.3 Å². The fourth-order valence-electron chi connectivity index (χ4n) is 1.67. The van der Waals surface area contributed by atoms with Crippen molar-refractivity contribution >= 4 is 28.5 Å². The van der Waals surface area contributed by atoms with Gasteiger partial charge in [-0.3, -0.25) is 10.1 Å². The summed E-state index contributed by atoms with van der Waals surface area (Å²) in [4.78, 5) is 16.0. The quantitative estimate of drug-likeness (QED) is 0.384. The van der Waals surface area contributed by atoms with Crippen molar-refractivity contribution in [3.63, 3.8) is 0 Å². The van der Waals surface area contributed by atoms with Crippen LogP contribution in [0.4, 0.5) is 5.69 Å². The summed E-state index contributed by atoms with van der Waals surface area (Å²) >= 11 is 1.37. The van der Waals surface area contributed by atoms with E-state index in [1.807, 2.05) is 36.7 Å². The average Bonchev–Trinajstić information content (AvgIpc) is 3.24. The lowest BCUT2D eigenvalue weighted by Gasteiger charge is -2.04. The molecule has 0 atom stereocenters. The fraction of sp³-hybridized carbons (Fsp3) is 0.357. The Hall–Kier alpha value is -2.00. The lowest BCUT2D eigenvalue weighted by molar-refractivity contribution is -0.120. The van der Waals surface area contributed by atoms with Gasteiger partial charge in [0.15, 0.2) is 11.4 Å². The number of amidine groups is 1. The van der Waals surface area contributed by atoms with Crippen molar-refractivity contribution in [2.45, 2.75) is 25.3 Å². The third kappa shape index (κ3) is 4.59. The van der Waals surface area contributed by atoms with Gasteiger partial charge in [-0.25, -0.2) is 4.99 Å². The Morgan fingerprint density at radius 3 is 2.70 bits per heavy atom. The van der Waals surface area contributed by atoms with Crippen molar-refractivity contribution in [2.75, 3.05) is 6.26 Å². The van der Waals surface area contributed by atoms with Crippen LogP contribution in [0.5, 0.6) is 0 Å². The minimum Gasteiger partial charge on any atom is -0.353 e. The summed E-state index contributed by atoms with van der Waals surface area (Å²) in [5.74, 6) is 0.0692. The molecule has 1 amide bonds. The van der Waals surface area contributed by atoms with E-state index in [0.29, 0.717) is 17.6 Å². The van der Waals surface area contributed by atoms with Gasteiger partial charge in [0.25, 0.3) is 0 Å². The predicted molar refractivity (Wildman–Crippen MR) is 80.7 cm³/mol. The molecule has 104 valence electrons. The zero-order valence-electron chi connectivity index (χ0n) is 11.2. The molecule has 0 aromatic heterocycles. The van der Waals surface area contributed by atoms with Gasteiger partial charge in [0.2, 0.25) is 5.91 Å². The van der Waals surface area contributed by atoms with Crippen molar-refractivity contribution in [1.82, 2.24) is 10.6 Å². The van der Waals surface area contributed by atoms with Crippen molar-refractivity contribution in [1.29, 1.82) is 5.26 Å². The zero-order valence-corrected chi connectivity index (χ0v) is 12.0. The van der Waals surface area contributed by atoms with Crippen LogP contribution < -0.4 is 10.6 Å². The van der Waals surface area contributed by atoms with Crippen molar-refractivity contribution in [3.8, 4) is 6.19 Å². The number of nitriles is 1. The van der Waals surface area contributed by atoms with Crippen LogP contribution >= 0.6 is 11.8 Å². The van der Waals surface area contributed by atoms with Gasteiger partial charge in [0, 0.05) is 6.04 Å². The Bertz CT molecular complexity index is 543. The molecule has 5 nitrogen and oxygen atoms in total. The van der Waals surface area contributed by atoms with Crippen molar-refractivity contribution < 1.29 is 4.79 Å². The molecular formula is C14H16N4OS. The first-order chi connectivity index (χ1) is 9.71. The zero-order chi connectivity index (χ0) is 14.4. The number of aliphatic imine (C=N–C) groups is 1. The van der Waals surface area contributed by atoms with E-state index in [9.17, 15) is 4.79 Å². The van der Waals surface area contributed by atoms with E-state index < -0.39 is 0 Å². The van der Waals surface area contributed by atoms with Crippen LogP contribution in [0.2, 0.25) is 0 Å². The molecule has 1 aliphatic rings. The molecule has 1 aromatic rings. The van der Waals surface area contributed by atoms with E-state index in [2.05, 4.69) is 15.6 Å². The second-order valence-electron chi connectivity index (χ2n) is 4.54. The molecule has 0 saturated heterocycles. The average molecular weight is 288 g/mol. The van der Waals surface area contributed by atoms with Gasteiger partial charge >= 0.3 is 0 Å². The SMILES string of the molecule is CSC(=Nc1ccc(CC(=O)NC2CC2)cc1)NC#N. The highest BCUT2D eigenvalue weighted by molar-refractivity contribution is 8.13. The Kier molecular flexibility index (Phi) is 5.02. The molecule has 1 fully saturated rings. The van der Waals surface area contributed by atoms with Gasteiger partial charge in [-0.2, -0.15) is 5.26 Å². The molecule has 1 aliphatic carbocycles. The predicted octanol–water partition coefficient (Wildman–Crippen LogP) is 1.93. The number of carbonyl (C=O) groups is 1. The van der Waals surface area contributed by atoms with Gasteiger partial charge in [-0.05, 0) is 36.8 Å². The maximum atomic E-state index is 11.7. The number of benzene rings is 1. The Morgan fingerprint density at radius 2 is 2.15 bits per heavy atom. The molecule has 0 aliphatic heterocycles. The van der Waals surface area contributed by atoms with E-state index in [0.717, 1.165) is 24.1 Å². The smallest absolute Gasteiger partial charge is 0.224 e. The number of nitrogens with one attached hydrogen (secondary N) is 2. The Morgan fingerprint density at radius 1 is 1.45 bits per heavy atom. The van der Waals surface area contributed by atoms with E-state index in [1.165, 1.54) is 11.8 Å². The van der Waals surface area contributed by atoms with Crippen LogP contribution in [0.25, 0.3) is 0 Å². The summed E-state index contributed by atoms with van der Waals surface area (Å²) < 4.78 is 0. The highest BCUT2D eigenvalue weighted by atomic mass is 32.2. The Balaban J connectivity index is 1.94. The monoisotopic (exact) mass is 288 g/mol. The topological polar surface area (TPSA) is 77.3 Å². The molecule has 1 saturated carbocycles. The second-order valence-corrected chi connectivity index (χ2v) is 5.34. The standard InChI is InChI=1S/C14H16N4OS/c1-20-14(16-9-15)18-12-4-2-10(3-5-12)8-13(19)17-11-6-7-11/h2-5,11H,6-8H2,1H3,(H,16,18)(H,17,19). The van der Waals surface area contributed by atoms with Crippen LogP contribution in [-0.2, 0) is 11.2 Å². The van der Waals surface area contributed by atoms with Crippen LogP contribution in [0.1, 0.15) is 18.4 Å². The maximum absolute atomic E-state index is 11.7. The number of thioether (sulfide) groups is 1. The molecule has 2 rings (SSSR count). The molecule has 2 N–H and O–H groups in total. The molecule has 1 aromatic carbocycles. The summed E-state index contributed by atoms with van der Waals surface area (Å²) in [5.41, 5.74) is 1.71. The van der Waals surface area contributed by atoms with Crippen LogP contribution in [-0.4, -0.2) is 23.4 Å². The molecule has 0 spiro atoms. The van der Waals surface area contributed by atoms with Gasteiger partial charge in [-0.15, -0.1) is 0 Å². The number of nitrogens with zero attached hydrogens (tertiary/aromatic N) is 2. The summed E-state index contributed by atoms with van der Waals surface area (Å²) in [5, 5.41) is 14.6. The Labute approximate surface area is 122 Å². The van der Waals surface area contributed by atoms with E-state index in [4.69, 9.17) is 5.26 Å². The van der Waals surface area contributed by atoms with E-state index >= 15 is 0 Å². The van der Waals surface area contributed by atoms with Gasteiger partial charge in [0.05, 0.1) is 12.1 Å². The van der Waals surface area contributed by atoms with Gasteiger partial charge in [0.1, 0.15) is 0 Å². The van der Waals surface area contributed by atoms with E-state index in [1.54, 1.807) is 0 Å². The molecule has 20 heavy (non-hydrogen) atoms. The third-order valence-electron chi connectivity index (χ3n) is 2.83. The normalized spacial score (nSPS) is 14.5. The first-order valence-electron chi connectivity index (χ1n) is 6.37. The minimum atomic E-state index is 0.0692. The fourth-order valence-corrected chi connectivity index (χ4v) is 2.01. The van der Waals surface area contributed by atoms with Gasteiger partial charge < -0.3 is 5.32 Å². The van der Waals surface area contributed by atoms with Crippen molar-refractivity contribution in [3.05, 3.63) is 29.8 Å². The maximum Gasteiger partial charge on any atom is 0.224 e. The summed E-state index contributed by atoms with van der Waals surface area (Å²) in [6, 6.07) is 7.85. The number of amides is 1. The van der Waals surface area contributed by atoms with E-state index in [-0.39, 0.29) is 5.91 Å². The van der Waals surface area contributed by atoms with Crippen LogP contribution in [0.3, 0.4) is 0 Å². The summed E-state index contributed by atoms with van der Waals surface area (Å²) in [6.45, 7) is 0. The second kappa shape index (κ2) is 6.96. The van der Waals surface area contributed by atoms with Gasteiger partial charge in [-0.1, -0.05) is 23.9 Å². The van der Waals surface area contributed by atoms with Crippen LogP contribution in [0, 0.1) is 11.5 Å². The molecule has 0 bridgehead atoms. The minimum absolute atomic E-state index is 0.0692. The highest BCUT2D eigenvalue weighted by Gasteiger charge is 2.22. The number of hydrogen-bond donors (Lipinski definition) is 2. The molecular weight excluding hydrogens is 272 g/mol. The first kappa shape index (κ1) is 14.4. The summed E-state index contributed by atoms with van der Waals surface area (Å²) in [7, 11) is 0. The lowest BCUT2D eigenvalue weighted by atomic mass is 10.1. The first-order valence-corrected chi connectivity index (χ1v) is 7.60. The molecule has 6 heteroatoms. The number of carbonyl (C=O) groups excluding carboxylic acids is 1.